The van der Waals surface area contributed by atoms with Gasteiger partial charge in [0, 0.05) is 25.5 Å². The van der Waals surface area contributed by atoms with E-state index in [2.05, 4.69) is 24.8 Å². The van der Waals surface area contributed by atoms with E-state index >= 15 is 0 Å². The van der Waals surface area contributed by atoms with Crippen molar-refractivity contribution in [2.75, 3.05) is 24.7 Å². The number of hydrogen-bond acceptors (Lipinski definition) is 2. The maximum atomic E-state index is 5.80. The van der Waals surface area contributed by atoms with Gasteiger partial charge in [-0.05, 0) is 31.0 Å². The predicted octanol–water partition coefficient (Wildman–Crippen LogP) is 1.95. The first-order chi connectivity index (χ1) is 5.54. The molecule has 0 bridgehead atoms. The average molecular weight is 164 g/mol. The molecule has 66 valence electrons. The molecular weight excluding hydrogens is 148 g/mol. The zero-order valence-electron chi connectivity index (χ0n) is 8.18. The fraction of sp³-hybridized carbons (Fsp3) is 0.400. The van der Waals surface area contributed by atoms with E-state index in [1.807, 2.05) is 20.2 Å². The smallest absolute Gasteiger partial charge is 0.0441 e. The fourth-order valence-corrected chi connectivity index (χ4v) is 1.54. The summed E-state index contributed by atoms with van der Waals surface area (Å²) in [6.07, 6.45) is 0. The summed E-state index contributed by atoms with van der Waals surface area (Å²) in [5.74, 6) is 0. The first-order valence-electron chi connectivity index (χ1n) is 4.07. The van der Waals surface area contributed by atoms with E-state index in [0.29, 0.717) is 0 Å². The van der Waals surface area contributed by atoms with Crippen LogP contribution in [-0.4, -0.2) is 14.1 Å². The third-order valence-electron chi connectivity index (χ3n) is 2.12. The largest absolute Gasteiger partial charge is 0.398 e. The molecule has 0 aliphatic heterocycles. The first-order valence-corrected chi connectivity index (χ1v) is 4.07. The minimum atomic E-state index is 0.865. The molecule has 1 aromatic carbocycles. The summed E-state index contributed by atoms with van der Waals surface area (Å²) < 4.78 is 0. The second kappa shape index (κ2) is 3.05. The molecule has 0 aromatic heterocycles. The summed E-state index contributed by atoms with van der Waals surface area (Å²) in [7, 11) is 4.07. The summed E-state index contributed by atoms with van der Waals surface area (Å²) in [6.45, 7) is 4.15. The molecule has 0 amide bonds. The predicted molar refractivity (Wildman–Crippen MR) is 54.7 cm³/mol. The third-order valence-corrected chi connectivity index (χ3v) is 2.12. The normalized spacial score (nSPS) is 10.0. The van der Waals surface area contributed by atoms with Crippen molar-refractivity contribution in [3.63, 3.8) is 0 Å². The molecule has 0 spiro atoms. The van der Waals surface area contributed by atoms with Gasteiger partial charge in [0.1, 0.15) is 0 Å². The molecule has 0 heterocycles. The van der Waals surface area contributed by atoms with Gasteiger partial charge < -0.3 is 10.6 Å². The highest BCUT2D eigenvalue weighted by Crippen LogP contribution is 2.26. The minimum absolute atomic E-state index is 0.865. The summed E-state index contributed by atoms with van der Waals surface area (Å²) >= 11 is 0. The molecule has 1 aromatic rings. The first kappa shape index (κ1) is 8.91. The third kappa shape index (κ3) is 1.37. The molecule has 0 saturated carbocycles. The highest BCUT2D eigenvalue weighted by atomic mass is 15.1. The lowest BCUT2D eigenvalue weighted by Gasteiger charge is -2.19. The van der Waals surface area contributed by atoms with Crippen molar-refractivity contribution in [3.8, 4) is 0 Å². The van der Waals surface area contributed by atoms with Gasteiger partial charge in [0.25, 0.3) is 0 Å². The Hall–Kier alpha value is -1.18. The Morgan fingerprint density at radius 2 is 1.75 bits per heavy atom. The van der Waals surface area contributed by atoms with Crippen molar-refractivity contribution >= 4 is 11.4 Å². The number of aryl methyl sites for hydroxylation is 1. The van der Waals surface area contributed by atoms with E-state index in [9.17, 15) is 0 Å². The van der Waals surface area contributed by atoms with Crippen LogP contribution >= 0.6 is 0 Å². The van der Waals surface area contributed by atoms with Crippen LogP contribution in [0.5, 0.6) is 0 Å². The number of nitrogens with zero attached hydrogens (tertiary/aromatic N) is 1. The Balaban J connectivity index is 3.33. The summed E-state index contributed by atoms with van der Waals surface area (Å²) in [5.41, 5.74) is 10.3. The number of anilines is 2. The Morgan fingerprint density at radius 1 is 1.17 bits per heavy atom. The number of nitrogens with two attached hydrogens (primary N) is 1. The lowest BCUT2D eigenvalue weighted by atomic mass is 10.1. The molecule has 2 nitrogen and oxygen atoms in total. The molecule has 0 aliphatic rings. The molecule has 1 rings (SSSR count). The SMILES string of the molecule is Cc1ccc(N)c(C)c1N(C)C. The van der Waals surface area contributed by atoms with Gasteiger partial charge in [0.2, 0.25) is 0 Å². The van der Waals surface area contributed by atoms with Gasteiger partial charge in [-0.2, -0.15) is 0 Å². The van der Waals surface area contributed by atoms with Gasteiger partial charge in [-0.15, -0.1) is 0 Å². The molecule has 0 unspecified atom stereocenters. The molecular formula is C10H16N2. The van der Waals surface area contributed by atoms with Crippen LogP contribution in [0, 0.1) is 13.8 Å². The van der Waals surface area contributed by atoms with E-state index < -0.39 is 0 Å². The fourth-order valence-electron chi connectivity index (χ4n) is 1.54. The number of benzene rings is 1. The second-order valence-electron chi connectivity index (χ2n) is 3.34. The Bertz CT molecular complexity index is 290. The molecule has 12 heavy (non-hydrogen) atoms. The van der Waals surface area contributed by atoms with Crippen LogP contribution in [0.4, 0.5) is 11.4 Å². The lowest BCUT2D eigenvalue weighted by molar-refractivity contribution is 1.10. The van der Waals surface area contributed by atoms with E-state index in [-0.39, 0.29) is 0 Å². The maximum absolute atomic E-state index is 5.80. The van der Waals surface area contributed by atoms with Gasteiger partial charge in [-0.3, -0.25) is 0 Å². The second-order valence-corrected chi connectivity index (χ2v) is 3.34. The monoisotopic (exact) mass is 164 g/mol. The average Bonchev–Trinajstić information content (AvgIpc) is 1.97. The molecule has 0 fully saturated rings. The highest BCUT2D eigenvalue weighted by molar-refractivity contribution is 5.67. The van der Waals surface area contributed by atoms with E-state index in [4.69, 9.17) is 5.73 Å². The van der Waals surface area contributed by atoms with Crippen molar-refractivity contribution in [1.82, 2.24) is 0 Å². The lowest BCUT2D eigenvalue weighted by Crippen LogP contribution is -2.12. The van der Waals surface area contributed by atoms with Crippen molar-refractivity contribution in [2.24, 2.45) is 0 Å². The van der Waals surface area contributed by atoms with E-state index in [1.54, 1.807) is 0 Å². The minimum Gasteiger partial charge on any atom is -0.398 e. The molecule has 2 heteroatoms. The Labute approximate surface area is 74.0 Å². The standard InChI is InChI=1S/C10H16N2/c1-7-5-6-9(11)8(2)10(7)12(3)4/h5-6H,11H2,1-4H3. The maximum Gasteiger partial charge on any atom is 0.0441 e. The van der Waals surface area contributed by atoms with Gasteiger partial charge in [0.15, 0.2) is 0 Å². The molecule has 0 atom stereocenters. The quantitative estimate of drug-likeness (QED) is 0.643. The van der Waals surface area contributed by atoms with Gasteiger partial charge in [0.05, 0.1) is 0 Å². The van der Waals surface area contributed by atoms with Crippen molar-refractivity contribution in [3.05, 3.63) is 23.3 Å². The summed E-state index contributed by atoms with van der Waals surface area (Å²) in [5, 5.41) is 0. The molecule has 2 N–H and O–H groups in total. The van der Waals surface area contributed by atoms with E-state index in [1.165, 1.54) is 16.8 Å². The van der Waals surface area contributed by atoms with E-state index in [0.717, 1.165) is 5.69 Å². The zero-order valence-corrected chi connectivity index (χ0v) is 8.18. The summed E-state index contributed by atoms with van der Waals surface area (Å²) in [4.78, 5) is 2.10. The number of nitrogen functional groups attached to an aromatic ring is 1. The molecule has 0 saturated heterocycles. The van der Waals surface area contributed by atoms with Gasteiger partial charge >= 0.3 is 0 Å². The van der Waals surface area contributed by atoms with Gasteiger partial charge in [-0.1, -0.05) is 6.07 Å². The molecule has 0 radical (unpaired) electrons. The van der Waals surface area contributed by atoms with Gasteiger partial charge in [-0.25, -0.2) is 0 Å². The number of hydrogen-bond donors (Lipinski definition) is 1. The topological polar surface area (TPSA) is 29.3 Å². The van der Waals surface area contributed by atoms with Crippen LogP contribution in [0.1, 0.15) is 11.1 Å². The van der Waals surface area contributed by atoms with Crippen LogP contribution in [0.2, 0.25) is 0 Å². The summed E-state index contributed by atoms with van der Waals surface area (Å²) in [6, 6.07) is 4.01. The van der Waals surface area contributed by atoms with Crippen molar-refractivity contribution in [1.29, 1.82) is 0 Å². The van der Waals surface area contributed by atoms with Crippen LogP contribution < -0.4 is 10.6 Å². The van der Waals surface area contributed by atoms with Crippen LogP contribution in [0.15, 0.2) is 12.1 Å². The number of rotatable bonds is 1. The van der Waals surface area contributed by atoms with Crippen LogP contribution in [-0.2, 0) is 0 Å². The van der Waals surface area contributed by atoms with Crippen molar-refractivity contribution < 1.29 is 0 Å². The van der Waals surface area contributed by atoms with Crippen LogP contribution in [0.3, 0.4) is 0 Å². The Kier molecular flexibility index (Phi) is 2.27. The van der Waals surface area contributed by atoms with Crippen LogP contribution in [0.25, 0.3) is 0 Å². The Morgan fingerprint density at radius 3 is 2.17 bits per heavy atom. The van der Waals surface area contributed by atoms with Crippen molar-refractivity contribution in [2.45, 2.75) is 13.8 Å². The highest BCUT2D eigenvalue weighted by Gasteiger charge is 2.06. The molecule has 0 aliphatic carbocycles. The zero-order chi connectivity index (χ0) is 9.30.